The maximum atomic E-state index is 12.4. The molecule has 0 saturated carbocycles. The van der Waals surface area contributed by atoms with Gasteiger partial charge < -0.3 is 4.74 Å². The van der Waals surface area contributed by atoms with Crippen LogP contribution in [0, 0.1) is 13.8 Å². The van der Waals surface area contributed by atoms with E-state index in [-0.39, 0.29) is 9.92 Å². The van der Waals surface area contributed by atoms with Gasteiger partial charge in [0.25, 0.3) is 10.0 Å². The van der Waals surface area contributed by atoms with Crippen molar-refractivity contribution in [3.8, 4) is 5.75 Å². The standard InChI is InChI=1S/C15H16ClNO3S/c1-10-4-6-13(8-11(10)2)21(18,19)17-15-7-5-12(20-3)9-14(15)16/h4-9,17H,1-3H3. The lowest BCUT2D eigenvalue weighted by atomic mass is 10.1. The first-order valence-electron chi connectivity index (χ1n) is 6.27. The summed E-state index contributed by atoms with van der Waals surface area (Å²) in [5.41, 5.74) is 2.27. The molecule has 0 aliphatic heterocycles. The average molecular weight is 326 g/mol. The zero-order valence-electron chi connectivity index (χ0n) is 12.0. The number of sulfonamides is 1. The molecule has 4 nitrogen and oxygen atoms in total. The Labute approximate surface area is 129 Å². The summed E-state index contributed by atoms with van der Waals surface area (Å²) >= 11 is 6.05. The van der Waals surface area contributed by atoms with Gasteiger partial charge in [0.1, 0.15) is 5.75 Å². The molecule has 0 aliphatic rings. The van der Waals surface area contributed by atoms with Gasteiger partial charge in [-0.15, -0.1) is 0 Å². The molecule has 6 heteroatoms. The largest absolute Gasteiger partial charge is 0.497 e. The maximum Gasteiger partial charge on any atom is 0.261 e. The van der Waals surface area contributed by atoms with E-state index in [0.29, 0.717) is 11.4 Å². The molecule has 21 heavy (non-hydrogen) atoms. The predicted octanol–water partition coefficient (Wildman–Crippen LogP) is 3.77. The van der Waals surface area contributed by atoms with Crippen molar-refractivity contribution in [1.82, 2.24) is 0 Å². The van der Waals surface area contributed by atoms with Gasteiger partial charge in [0.05, 0.1) is 22.7 Å². The molecule has 0 heterocycles. The van der Waals surface area contributed by atoms with Crippen LogP contribution >= 0.6 is 11.6 Å². The number of halogens is 1. The normalized spacial score (nSPS) is 11.2. The molecule has 0 aromatic heterocycles. The molecule has 0 radical (unpaired) electrons. The van der Waals surface area contributed by atoms with Gasteiger partial charge in [-0.1, -0.05) is 17.7 Å². The number of anilines is 1. The van der Waals surface area contributed by atoms with Crippen LogP contribution in [0.25, 0.3) is 0 Å². The molecule has 0 fully saturated rings. The molecule has 0 aliphatic carbocycles. The first-order chi connectivity index (χ1) is 9.83. The Bertz CT molecular complexity index is 772. The minimum Gasteiger partial charge on any atom is -0.497 e. The predicted molar refractivity (Wildman–Crippen MR) is 84.7 cm³/mol. The zero-order chi connectivity index (χ0) is 15.6. The highest BCUT2D eigenvalue weighted by Crippen LogP contribution is 2.28. The number of methoxy groups -OCH3 is 1. The van der Waals surface area contributed by atoms with E-state index in [2.05, 4.69) is 4.72 Å². The Hall–Kier alpha value is -1.72. The fourth-order valence-electron chi connectivity index (χ4n) is 1.79. The fourth-order valence-corrected chi connectivity index (χ4v) is 3.23. The SMILES string of the molecule is COc1ccc(NS(=O)(=O)c2ccc(C)c(C)c2)c(Cl)c1. The van der Waals surface area contributed by atoms with Crippen molar-refractivity contribution < 1.29 is 13.2 Å². The molecule has 1 N–H and O–H groups in total. The van der Waals surface area contributed by atoms with Crippen LogP contribution in [0.4, 0.5) is 5.69 Å². The van der Waals surface area contributed by atoms with E-state index in [9.17, 15) is 8.42 Å². The highest BCUT2D eigenvalue weighted by Gasteiger charge is 2.16. The Balaban J connectivity index is 2.35. The quantitative estimate of drug-likeness (QED) is 0.931. The fraction of sp³-hybridized carbons (Fsp3) is 0.200. The first kappa shape index (κ1) is 15.7. The number of hydrogen-bond acceptors (Lipinski definition) is 3. The van der Waals surface area contributed by atoms with Crippen molar-refractivity contribution in [2.24, 2.45) is 0 Å². The summed E-state index contributed by atoms with van der Waals surface area (Å²) in [6, 6.07) is 9.75. The molecule has 112 valence electrons. The van der Waals surface area contributed by atoms with E-state index >= 15 is 0 Å². The third kappa shape index (κ3) is 3.49. The summed E-state index contributed by atoms with van der Waals surface area (Å²) in [5, 5.41) is 0.279. The van der Waals surface area contributed by atoms with Crippen LogP contribution in [0.1, 0.15) is 11.1 Å². The van der Waals surface area contributed by atoms with Crippen LogP contribution in [0.2, 0.25) is 5.02 Å². The molecular formula is C15H16ClNO3S. The average Bonchev–Trinajstić information content (AvgIpc) is 2.43. The summed E-state index contributed by atoms with van der Waals surface area (Å²) < 4.78 is 32.3. The van der Waals surface area contributed by atoms with Gasteiger partial charge in [-0.2, -0.15) is 0 Å². The molecule has 2 aromatic rings. The second-order valence-electron chi connectivity index (χ2n) is 4.70. The summed E-state index contributed by atoms with van der Waals surface area (Å²) in [6.07, 6.45) is 0. The molecule has 2 aromatic carbocycles. The highest BCUT2D eigenvalue weighted by atomic mass is 35.5. The van der Waals surface area contributed by atoms with Crippen LogP contribution in [-0.4, -0.2) is 15.5 Å². The summed E-state index contributed by atoms with van der Waals surface area (Å²) in [6.45, 7) is 3.80. The number of benzene rings is 2. The lowest BCUT2D eigenvalue weighted by molar-refractivity contribution is 0.415. The van der Waals surface area contributed by atoms with E-state index in [1.165, 1.54) is 7.11 Å². The molecule has 0 amide bonds. The second kappa shape index (κ2) is 5.95. The topological polar surface area (TPSA) is 55.4 Å². The molecule has 0 spiro atoms. The number of ether oxygens (including phenoxy) is 1. The number of nitrogens with one attached hydrogen (secondary N) is 1. The number of hydrogen-bond donors (Lipinski definition) is 1. The minimum absolute atomic E-state index is 0.206. The zero-order valence-corrected chi connectivity index (χ0v) is 13.5. The van der Waals surface area contributed by atoms with Crippen LogP contribution in [0.15, 0.2) is 41.3 Å². The summed E-state index contributed by atoms with van der Waals surface area (Å²) in [4.78, 5) is 0.206. The van der Waals surface area contributed by atoms with Crippen molar-refractivity contribution >= 4 is 27.3 Å². The van der Waals surface area contributed by atoms with Crippen LogP contribution in [0.3, 0.4) is 0 Å². The van der Waals surface area contributed by atoms with Crippen LogP contribution < -0.4 is 9.46 Å². The molecule has 0 atom stereocenters. The van der Waals surface area contributed by atoms with E-state index in [1.54, 1.807) is 36.4 Å². The van der Waals surface area contributed by atoms with E-state index < -0.39 is 10.0 Å². The van der Waals surface area contributed by atoms with Crippen molar-refractivity contribution in [1.29, 1.82) is 0 Å². The Morgan fingerprint density at radius 1 is 1.05 bits per heavy atom. The van der Waals surface area contributed by atoms with E-state index in [0.717, 1.165) is 11.1 Å². The van der Waals surface area contributed by atoms with Gasteiger partial charge in [-0.25, -0.2) is 8.42 Å². The number of rotatable bonds is 4. The van der Waals surface area contributed by atoms with Crippen molar-refractivity contribution in [2.45, 2.75) is 18.7 Å². The lowest BCUT2D eigenvalue weighted by Crippen LogP contribution is -2.13. The minimum atomic E-state index is -3.67. The summed E-state index contributed by atoms with van der Waals surface area (Å²) in [5.74, 6) is 0.564. The lowest BCUT2D eigenvalue weighted by Gasteiger charge is -2.11. The van der Waals surface area contributed by atoms with E-state index in [1.807, 2.05) is 13.8 Å². The Morgan fingerprint density at radius 3 is 2.33 bits per heavy atom. The van der Waals surface area contributed by atoms with Crippen molar-refractivity contribution in [2.75, 3.05) is 11.8 Å². The van der Waals surface area contributed by atoms with Gasteiger partial charge >= 0.3 is 0 Å². The van der Waals surface area contributed by atoms with Crippen LogP contribution in [-0.2, 0) is 10.0 Å². The van der Waals surface area contributed by atoms with Crippen LogP contribution in [0.5, 0.6) is 5.75 Å². The monoisotopic (exact) mass is 325 g/mol. The molecular weight excluding hydrogens is 310 g/mol. The highest BCUT2D eigenvalue weighted by molar-refractivity contribution is 7.92. The third-order valence-corrected chi connectivity index (χ3v) is 4.89. The van der Waals surface area contributed by atoms with E-state index in [4.69, 9.17) is 16.3 Å². The van der Waals surface area contributed by atoms with Crippen molar-refractivity contribution in [3.05, 3.63) is 52.5 Å². The second-order valence-corrected chi connectivity index (χ2v) is 6.79. The number of aryl methyl sites for hydroxylation is 2. The molecule has 0 bridgehead atoms. The van der Waals surface area contributed by atoms with Gasteiger partial charge in [0.2, 0.25) is 0 Å². The molecule has 0 saturated heterocycles. The Morgan fingerprint density at radius 2 is 1.76 bits per heavy atom. The first-order valence-corrected chi connectivity index (χ1v) is 8.13. The van der Waals surface area contributed by atoms with Gasteiger partial charge in [0.15, 0.2) is 0 Å². The summed E-state index contributed by atoms with van der Waals surface area (Å²) in [7, 11) is -2.15. The van der Waals surface area contributed by atoms with Gasteiger partial charge in [-0.3, -0.25) is 4.72 Å². The smallest absolute Gasteiger partial charge is 0.261 e. The van der Waals surface area contributed by atoms with Gasteiger partial charge in [-0.05, 0) is 49.2 Å². The van der Waals surface area contributed by atoms with Crippen molar-refractivity contribution in [3.63, 3.8) is 0 Å². The van der Waals surface area contributed by atoms with Gasteiger partial charge in [0, 0.05) is 6.07 Å². The molecule has 2 rings (SSSR count). The third-order valence-electron chi connectivity index (χ3n) is 3.21. The molecule has 0 unspecified atom stereocenters. The maximum absolute atomic E-state index is 12.4. The Kier molecular flexibility index (Phi) is 4.44.